The van der Waals surface area contributed by atoms with Gasteiger partial charge in [-0.1, -0.05) is 23.2 Å². The number of nitro benzene ring substituents is 1. The van der Waals surface area contributed by atoms with Gasteiger partial charge in [-0.05, 0) is 42.5 Å². The third-order valence-corrected chi connectivity index (χ3v) is 4.07. The molecule has 0 unspecified atom stereocenters. The maximum Gasteiger partial charge on any atom is 0.272 e. The number of amides is 1. The van der Waals surface area contributed by atoms with Crippen molar-refractivity contribution in [3.05, 3.63) is 86.1 Å². The number of carbonyl (C=O) groups is 1. The Morgan fingerprint density at radius 1 is 1.11 bits per heavy atom. The quantitative estimate of drug-likeness (QED) is 0.371. The first-order chi connectivity index (χ1) is 12.9. The summed E-state index contributed by atoms with van der Waals surface area (Å²) in [5, 5.41) is 15.1. The van der Waals surface area contributed by atoms with Crippen LogP contribution in [0.2, 0.25) is 10.0 Å². The molecule has 0 saturated carbocycles. The van der Waals surface area contributed by atoms with E-state index in [0.717, 1.165) is 0 Å². The largest absolute Gasteiger partial charge is 0.455 e. The summed E-state index contributed by atoms with van der Waals surface area (Å²) >= 11 is 11.8. The Balaban J connectivity index is 1.66. The van der Waals surface area contributed by atoms with Crippen LogP contribution in [-0.2, 0) is 0 Å². The monoisotopic (exact) mass is 403 g/mol. The van der Waals surface area contributed by atoms with Crippen LogP contribution in [0.4, 0.5) is 5.69 Å². The van der Waals surface area contributed by atoms with Gasteiger partial charge in [0.2, 0.25) is 0 Å². The molecule has 1 amide bonds. The Morgan fingerprint density at radius 3 is 2.52 bits per heavy atom. The minimum atomic E-state index is -0.491. The summed E-state index contributed by atoms with van der Waals surface area (Å²) in [5.74, 6) is 0.416. The number of hydrogen-bond acceptors (Lipinski definition) is 5. The summed E-state index contributed by atoms with van der Waals surface area (Å²) in [6.45, 7) is 0. The van der Waals surface area contributed by atoms with Crippen LogP contribution in [0.3, 0.4) is 0 Å². The lowest BCUT2D eigenvalue weighted by atomic mass is 10.1. The molecule has 2 aromatic carbocycles. The Kier molecular flexibility index (Phi) is 5.54. The van der Waals surface area contributed by atoms with Gasteiger partial charge in [-0.2, -0.15) is 5.10 Å². The summed E-state index contributed by atoms with van der Waals surface area (Å²) < 4.78 is 5.58. The third kappa shape index (κ3) is 4.52. The molecule has 3 rings (SSSR count). The smallest absolute Gasteiger partial charge is 0.272 e. The van der Waals surface area contributed by atoms with Crippen molar-refractivity contribution in [3.8, 4) is 11.3 Å². The first-order valence-electron chi connectivity index (χ1n) is 7.57. The normalized spacial score (nSPS) is 10.9. The minimum Gasteiger partial charge on any atom is -0.455 e. The maximum absolute atomic E-state index is 12.0. The molecule has 9 heteroatoms. The number of hydrogen-bond donors (Lipinski definition) is 1. The van der Waals surface area contributed by atoms with E-state index in [4.69, 9.17) is 27.6 Å². The van der Waals surface area contributed by atoms with E-state index in [1.807, 2.05) is 0 Å². The van der Waals surface area contributed by atoms with Gasteiger partial charge in [0.25, 0.3) is 11.6 Å². The molecule has 3 aromatic rings. The van der Waals surface area contributed by atoms with Crippen LogP contribution >= 0.6 is 23.2 Å². The second-order valence-corrected chi connectivity index (χ2v) is 6.17. The lowest BCUT2D eigenvalue weighted by molar-refractivity contribution is -0.384. The van der Waals surface area contributed by atoms with E-state index in [1.54, 1.807) is 30.3 Å². The molecule has 0 radical (unpaired) electrons. The Labute approximate surface area is 163 Å². The molecule has 1 heterocycles. The number of hydrazone groups is 1. The van der Waals surface area contributed by atoms with Crippen molar-refractivity contribution in [1.29, 1.82) is 0 Å². The molecule has 0 fully saturated rings. The fraction of sp³-hybridized carbons (Fsp3) is 0. The second kappa shape index (κ2) is 8.03. The molecule has 0 spiro atoms. The average Bonchev–Trinajstić information content (AvgIpc) is 3.10. The maximum atomic E-state index is 12.0. The number of nitrogens with one attached hydrogen (secondary N) is 1. The zero-order chi connectivity index (χ0) is 19.4. The van der Waals surface area contributed by atoms with Crippen LogP contribution in [-0.4, -0.2) is 17.0 Å². The van der Waals surface area contributed by atoms with E-state index in [9.17, 15) is 14.9 Å². The molecular formula is C18H11Cl2N3O4. The summed E-state index contributed by atoms with van der Waals surface area (Å²) in [7, 11) is 0. The Morgan fingerprint density at radius 2 is 1.85 bits per heavy atom. The highest BCUT2D eigenvalue weighted by Gasteiger charge is 2.10. The summed E-state index contributed by atoms with van der Waals surface area (Å²) in [6, 6.07) is 13.8. The van der Waals surface area contributed by atoms with Gasteiger partial charge in [-0.3, -0.25) is 14.9 Å². The molecule has 27 heavy (non-hydrogen) atoms. The van der Waals surface area contributed by atoms with E-state index in [1.165, 1.54) is 30.5 Å². The molecular weight excluding hydrogens is 393 g/mol. The number of rotatable bonds is 5. The number of non-ortho nitro benzene ring substituents is 1. The van der Waals surface area contributed by atoms with Gasteiger partial charge in [0.05, 0.1) is 21.7 Å². The molecule has 136 valence electrons. The topological polar surface area (TPSA) is 97.7 Å². The zero-order valence-corrected chi connectivity index (χ0v) is 15.1. The van der Waals surface area contributed by atoms with Crippen LogP contribution in [0.25, 0.3) is 11.3 Å². The molecule has 0 aliphatic rings. The van der Waals surface area contributed by atoms with Crippen LogP contribution in [0, 0.1) is 10.1 Å². The highest BCUT2D eigenvalue weighted by Crippen LogP contribution is 2.24. The lowest BCUT2D eigenvalue weighted by Crippen LogP contribution is -2.17. The Hall–Kier alpha value is -3.16. The number of benzene rings is 2. The molecule has 0 aliphatic carbocycles. The molecule has 0 aliphatic heterocycles. The first-order valence-corrected chi connectivity index (χ1v) is 8.33. The highest BCUT2D eigenvalue weighted by molar-refractivity contribution is 6.36. The van der Waals surface area contributed by atoms with Crippen molar-refractivity contribution in [2.45, 2.75) is 0 Å². The van der Waals surface area contributed by atoms with Crippen LogP contribution in [0.15, 0.2) is 64.1 Å². The molecule has 1 aromatic heterocycles. The van der Waals surface area contributed by atoms with Gasteiger partial charge < -0.3 is 4.42 Å². The van der Waals surface area contributed by atoms with Crippen molar-refractivity contribution >= 4 is 41.0 Å². The zero-order valence-electron chi connectivity index (χ0n) is 13.6. The number of furan rings is 1. The molecule has 7 nitrogen and oxygen atoms in total. The predicted molar refractivity (Wildman–Crippen MR) is 102 cm³/mol. The van der Waals surface area contributed by atoms with E-state index >= 15 is 0 Å². The summed E-state index contributed by atoms with van der Waals surface area (Å²) in [6.07, 6.45) is 1.33. The van der Waals surface area contributed by atoms with Crippen LogP contribution in [0.1, 0.15) is 16.1 Å². The second-order valence-electron chi connectivity index (χ2n) is 5.33. The van der Waals surface area contributed by atoms with Gasteiger partial charge in [0.15, 0.2) is 0 Å². The number of nitro groups is 1. The van der Waals surface area contributed by atoms with Gasteiger partial charge in [0, 0.05) is 22.7 Å². The van der Waals surface area contributed by atoms with E-state index in [2.05, 4.69) is 10.5 Å². The van der Waals surface area contributed by atoms with Crippen molar-refractivity contribution in [3.63, 3.8) is 0 Å². The van der Waals surface area contributed by atoms with Crippen molar-refractivity contribution in [1.82, 2.24) is 5.43 Å². The van der Waals surface area contributed by atoms with E-state index < -0.39 is 10.8 Å². The van der Waals surface area contributed by atoms with Crippen LogP contribution < -0.4 is 5.43 Å². The van der Waals surface area contributed by atoms with Gasteiger partial charge in [-0.15, -0.1) is 0 Å². The number of halogens is 2. The van der Waals surface area contributed by atoms with Crippen molar-refractivity contribution in [2.75, 3.05) is 0 Å². The van der Waals surface area contributed by atoms with Crippen LogP contribution in [0.5, 0.6) is 0 Å². The minimum absolute atomic E-state index is 0.00401. The average molecular weight is 404 g/mol. The molecule has 0 saturated heterocycles. The van der Waals surface area contributed by atoms with Gasteiger partial charge in [0.1, 0.15) is 11.5 Å². The summed E-state index contributed by atoms with van der Waals surface area (Å²) in [4.78, 5) is 22.3. The Bertz CT molecular complexity index is 1030. The fourth-order valence-electron chi connectivity index (χ4n) is 2.21. The number of nitrogens with zero attached hydrogens (tertiary/aromatic N) is 2. The lowest BCUT2D eigenvalue weighted by Gasteiger charge is -2.02. The first kappa shape index (κ1) is 18.6. The predicted octanol–water partition coefficient (Wildman–Crippen LogP) is 4.93. The molecule has 0 atom stereocenters. The van der Waals surface area contributed by atoms with E-state index in [-0.39, 0.29) is 16.3 Å². The number of carbonyl (C=O) groups excluding carboxylic acids is 1. The standard InChI is InChI=1S/C18H11Cl2N3O4/c19-12-3-7-15(16(20)9-12)18(24)22-21-10-14-6-8-17(27-14)11-1-4-13(5-2-11)23(25)26/h1-10H,(H,22,24)/b21-10+. The van der Waals surface area contributed by atoms with E-state index in [0.29, 0.717) is 22.1 Å². The third-order valence-electron chi connectivity index (χ3n) is 3.52. The molecule has 0 bridgehead atoms. The van der Waals surface area contributed by atoms with Gasteiger partial charge >= 0.3 is 0 Å². The SMILES string of the molecule is O=C(N/N=C/c1ccc(-c2ccc([N+](=O)[O-])cc2)o1)c1ccc(Cl)cc1Cl. The van der Waals surface area contributed by atoms with Crippen molar-refractivity contribution < 1.29 is 14.1 Å². The highest BCUT2D eigenvalue weighted by atomic mass is 35.5. The molecule has 1 N–H and O–H groups in total. The summed E-state index contributed by atoms with van der Waals surface area (Å²) in [5.41, 5.74) is 3.26. The van der Waals surface area contributed by atoms with Gasteiger partial charge in [-0.25, -0.2) is 5.43 Å². The fourth-order valence-corrected chi connectivity index (χ4v) is 2.71. The van der Waals surface area contributed by atoms with Crippen molar-refractivity contribution in [2.24, 2.45) is 5.10 Å².